The second kappa shape index (κ2) is 5.67. The zero-order valence-corrected chi connectivity index (χ0v) is 10.7. The van der Waals surface area contributed by atoms with Gasteiger partial charge in [0, 0.05) is 0 Å². The fraction of sp³-hybridized carbons (Fsp3) is 0.294. The van der Waals surface area contributed by atoms with Crippen LogP contribution in [0.2, 0.25) is 0 Å². The second-order valence-corrected chi connectivity index (χ2v) is 4.56. The molecule has 0 bridgehead atoms. The average molecular weight is 224 g/mol. The van der Waals surface area contributed by atoms with Crippen LogP contribution in [-0.2, 0) is 6.42 Å². The number of hydrogen-bond acceptors (Lipinski definition) is 0. The normalized spacial score (nSPS) is 10.5. The molecule has 0 radical (unpaired) electrons. The van der Waals surface area contributed by atoms with E-state index >= 15 is 0 Å². The van der Waals surface area contributed by atoms with Crippen LogP contribution in [0.15, 0.2) is 48.5 Å². The van der Waals surface area contributed by atoms with Gasteiger partial charge in [-0.2, -0.15) is 0 Å². The van der Waals surface area contributed by atoms with Gasteiger partial charge in [0.1, 0.15) is 0 Å². The molecule has 0 N–H and O–H groups in total. The molecule has 2 rings (SSSR count). The van der Waals surface area contributed by atoms with Gasteiger partial charge in [-0.05, 0) is 42.0 Å². The summed E-state index contributed by atoms with van der Waals surface area (Å²) in [6, 6.07) is 17.3. The minimum atomic E-state index is 1.20. The zero-order valence-electron chi connectivity index (χ0n) is 10.7. The molecule has 0 fully saturated rings. The zero-order chi connectivity index (χ0) is 12.1. The minimum Gasteiger partial charge on any atom is -0.0654 e. The lowest BCUT2D eigenvalue weighted by Gasteiger charge is -2.11. The summed E-state index contributed by atoms with van der Waals surface area (Å²) < 4.78 is 0. The van der Waals surface area contributed by atoms with E-state index < -0.39 is 0 Å². The van der Waals surface area contributed by atoms with Crippen molar-refractivity contribution >= 4 is 0 Å². The first-order valence-electron chi connectivity index (χ1n) is 6.47. The lowest BCUT2D eigenvalue weighted by molar-refractivity contribution is 0.791. The summed E-state index contributed by atoms with van der Waals surface area (Å²) in [4.78, 5) is 0. The molecule has 0 heterocycles. The Bertz CT molecular complexity index is 469. The maximum atomic E-state index is 2.26. The summed E-state index contributed by atoms with van der Waals surface area (Å²) in [5.41, 5.74) is 5.63. The Morgan fingerprint density at radius 1 is 0.882 bits per heavy atom. The predicted molar refractivity (Wildman–Crippen MR) is 75.2 cm³/mol. The first-order chi connectivity index (χ1) is 8.33. The van der Waals surface area contributed by atoms with Gasteiger partial charge in [-0.3, -0.25) is 0 Å². The predicted octanol–water partition coefficient (Wildman–Crippen LogP) is 5.00. The first kappa shape index (κ1) is 11.9. The topological polar surface area (TPSA) is 0 Å². The molecular formula is C17H20. The monoisotopic (exact) mass is 224 g/mol. The van der Waals surface area contributed by atoms with E-state index in [4.69, 9.17) is 0 Å². The fourth-order valence-electron chi connectivity index (χ4n) is 2.25. The Balaban J connectivity index is 2.36. The summed E-state index contributed by atoms with van der Waals surface area (Å²) in [5, 5.41) is 0. The molecule has 0 aliphatic rings. The van der Waals surface area contributed by atoms with Crippen LogP contribution in [0.3, 0.4) is 0 Å². The highest BCUT2D eigenvalue weighted by Gasteiger charge is 2.05. The second-order valence-electron chi connectivity index (χ2n) is 4.56. The number of hydrogen-bond donors (Lipinski definition) is 0. The van der Waals surface area contributed by atoms with E-state index in [-0.39, 0.29) is 0 Å². The van der Waals surface area contributed by atoms with Crippen LogP contribution < -0.4 is 0 Å². The van der Waals surface area contributed by atoms with Crippen LogP contribution in [0.25, 0.3) is 11.1 Å². The van der Waals surface area contributed by atoms with Crippen molar-refractivity contribution in [3.63, 3.8) is 0 Å². The van der Waals surface area contributed by atoms with Crippen molar-refractivity contribution in [3.8, 4) is 11.1 Å². The summed E-state index contributed by atoms with van der Waals surface area (Å²) in [6.07, 6.45) is 3.73. The lowest BCUT2D eigenvalue weighted by atomic mass is 9.94. The summed E-state index contributed by atoms with van der Waals surface area (Å²) >= 11 is 0. The van der Waals surface area contributed by atoms with E-state index in [1.165, 1.54) is 41.5 Å². The maximum absolute atomic E-state index is 2.26. The molecule has 0 saturated carbocycles. The molecule has 0 heteroatoms. The molecule has 0 aliphatic heterocycles. The highest BCUT2D eigenvalue weighted by Crippen LogP contribution is 2.26. The van der Waals surface area contributed by atoms with E-state index in [1.54, 1.807) is 0 Å². The summed E-state index contributed by atoms with van der Waals surface area (Å²) in [7, 11) is 0. The van der Waals surface area contributed by atoms with Crippen molar-refractivity contribution in [3.05, 3.63) is 59.7 Å². The quantitative estimate of drug-likeness (QED) is 0.685. The maximum Gasteiger partial charge on any atom is -0.0152 e. The molecule has 2 aromatic carbocycles. The standard InChI is InChI=1S/C17H20/c1-3-4-9-15-12-8-13-17(14(15)2)16-10-6-5-7-11-16/h5-8,10-13H,3-4,9H2,1-2H3. The number of rotatable bonds is 4. The van der Waals surface area contributed by atoms with Gasteiger partial charge in [0.25, 0.3) is 0 Å². The van der Waals surface area contributed by atoms with Gasteiger partial charge in [0.2, 0.25) is 0 Å². The van der Waals surface area contributed by atoms with E-state index in [0.29, 0.717) is 0 Å². The largest absolute Gasteiger partial charge is 0.0654 e. The van der Waals surface area contributed by atoms with E-state index in [1.807, 2.05) is 0 Å². The Morgan fingerprint density at radius 3 is 2.35 bits per heavy atom. The lowest BCUT2D eigenvalue weighted by Crippen LogP contribution is -1.92. The molecule has 0 amide bonds. The molecule has 0 aliphatic carbocycles. The molecular weight excluding hydrogens is 204 g/mol. The molecule has 2 aromatic rings. The highest BCUT2D eigenvalue weighted by atomic mass is 14.1. The van der Waals surface area contributed by atoms with Crippen LogP contribution in [-0.4, -0.2) is 0 Å². The molecule has 0 nitrogen and oxygen atoms in total. The van der Waals surface area contributed by atoms with Gasteiger partial charge < -0.3 is 0 Å². The third kappa shape index (κ3) is 2.76. The Hall–Kier alpha value is -1.56. The van der Waals surface area contributed by atoms with E-state index in [9.17, 15) is 0 Å². The van der Waals surface area contributed by atoms with Gasteiger partial charge in [-0.25, -0.2) is 0 Å². The Labute approximate surface area is 104 Å². The smallest absolute Gasteiger partial charge is 0.0152 e. The third-order valence-electron chi connectivity index (χ3n) is 3.33. The SMILES string of the molecule is CCCCc1cccc(-c2ccccc2)c1C. The van der Waals surface area contributed by atoms with Crippen molar-refractivity contribution in [2.45, 2.75) is 33.1 Å². The Morgan fingerprint density at radius 2 is 1.65 bits per heavy atom. The van der Waals surface area contributed by atoms with Crippen LogP contribution in [0.4, 0.5) is 0 Å². The van der Waals surface area contributed by atoms with Crippen molar-refractivity contribution in [2.24, 2.45) is 0 Å². The van der Waals surface area contributed by atoms with Crippen molar-refractivity contribution < 1.29 is 0 Å². The molecule has 0 spiro atoms. The van der Waals surface area contributed by atoms with Gasteiger partial charge in [-0.1, -0.05) is 61.9 Å². The van der Waals surface area contributed by atoms with Gasteiger partial charge in [0.05, 0.1) is 0 Å². The van der Waals surface area contributed by atoms with Gasteiger partial charge in [-0.15, -0.1) is 0 Å². The van der Waals surface area contributed by atoms with Crippen molar-refractivity contribution in [2.75, 3.05) is 0 Å². The third-order valence-corrected chi connectivity index (χ3v) is 3.33. The summed E-state index contributed by atoms with van der Waals surface area (Å²) in [6.45, 7) is 4.49. The van der Waals surface area contributed by atoms with Crippen LogP contribution >= 0.6 is 0 Å². The number of benzene rings is 2. The Kier molecular flexibility index (Phi) is 3.98. The molecule has 88 valence electrons. The van der Waals surface area contributed by atoms with Crippen LogP contribution in [0, 0.1) is 6.92 Å². The fourth-order valence-corrected chi connectivity index (χ4v) is 2.25. The molecule has 17 heavy (non-hydrogen) atoms. The highest BCUT2D eigenvalue weighted by molar-refractivity contribution is 5.68. The number of aryl methyl sites for hydroxylation is 1. The van der Waals surface area contributed by atoms with Crippen LogP contribution in [0.5, 0.6) is 0 Å². The van der Waals surface area contributed by atoms with E-state index in [0.717, 1.165) is 0 Å². The first-order valence-corrected chi connectivity index (χ1v) is 6.47. The summed E-state index contributed by atoms with van der Waals surface area (Å²) in [5.74, 6) is 0. The minimum absolute atomic E-state index is 1.20. The van der Waals surface area contributed by atoms with Crippen LogP contribution in [0.1, 0.15) is 30.9 Å². The number of unbranched alkanes of at least 4 members (excludes halogenated alkanes) is 1. The molecule has 0 atom stereocenters. The average Bonchev–Trinajstić information content (AvgIpc) is 2.39. The van der Waals surface area contributed by atoms with Crippen molar-refractivity contribution in [1.29, 1.82) is 0 Å². The van der Waals surface area contributed by atoms with Gasteiger partial charge >= 0.3 is 0 Å². The molecule has 0 saturated heterocycles. The van der Waals surface area contributed by atoms with Gasteiger partial charge in [0.15, 0.2) is 0 Å². The molecule has 0 aromatic heterocycles. The van der Waals surface area contributed by atoms with Crippen molar-refractivity contribution in [1.82, 2.24) is 0 Å². The van der Waals surface area contributed by atoms with E-state index in [2.05, 4.69) is 62.4 Å². The molecule has 0 unspecified atom stereocenters.